The fraction of sp³-hybridized carbons (Fsp3) is 0. The zero-order chi connectivity index (χ0) is 21.1. The van der Waals surface area contributed by atoms with Gasteiger partial charge in [-0.1, -0.05) is 30.3 Å². The number of fused-ring (bicyclic) bond motifs is 1. The lowest BCUT2D eigenvalue weighted by molar-refractivity contribution is 0.102. The summed E-state index contributed by atoms with van der Waals surface area (Å²) in [4.78, 5) is 43.3. The second-order valence-electron chi connectivity index (χ2n) is 6.44. The van der Waals surface area contributed by atoms with Gasteiger partial charge in [-0.3, -0.25) is 14.9 Å². The van der Waals surface area contributed by atoms with Crippen molar-refractivity contribution in [1.29, 1.82) is 0 Å². The smallest absolute Gasteiger partial charge is 0.411 e. The van der Waals surface area contributed by atoms with Crippen LogP contribution in [0.1, 0.15) is 26.3 Å². The van der Waals surface area contributed by atoms with Crippen molar-refractivity contribution < 1.29 is 19.5 Å². The third-order valence-electron chi connectivity index (χ3n) is 4.43. The first-order valence-corrected chi connectivity index (χ1v) is 9.01. The van der Waals surface area contributed by atoms with E-state index in [0.717, 1.165) is 0 Å². The minimum Gasteiger partial charge on any atom is -0.465 e. The van der Waals surface area contributed by atoms with Crippen LogP contribution in [0.25, 0.3) is 11.0 Å². The molecule has 4 N–H and O–H groups in total. The number of hydrogen-bond acceptors (Lipinski definition) is 4. The normalized spacial score (nSPS) is 10.5. The van der Waals surface area contributed by atoms with Gasteiger partial charge in [0.05, 0.1) is 16.7 Å². The predicted molar refractivity (Wildman–Crippen MR) is 112 cm³/mol. The van der Waals surface area contributed by atoms with Crippen LogP contribution >= 0.6 is 0 Å². The third kappa shape index (κ3) is 3.88. The van der Waals surface area contributed by atoms with Crippen molar-refractivity contribution in [3.63, 3.8) is 0 Å². The number of amides is 2. The number of anilines is 2. The number of carbonyl (C=O) groups is 3. The number of para-hydroxylation sites is 1. The molecule has 0 fully saturated rings. The second-order valence-corrected chi connectivity index (χ2v) is 6.44. The Hall–Kier alpha value is -4.46. The van der Waals surface area contributed by atoms with Crippen LogP contribution in [0, 0.1) is 0 Å². The van der Waals surface area contributed by atoms with Crippen LogP contribution < -0.4 is 10.6 Å². The Bertz CT molecular complexity index is 1260. The van der Waals surface area contributed by atoms with E-state index in [-0.39, 0.29) is 17.6 Å². The highest BCUT2D eigenvalue weighted by molar-refractivity contribution is 6.16. The first-order chi connectivity index (χ1) is 14.5. The fourth-order valence-corrected chi connectivity index (χ4v) is 3.04. The van der Waals surface area contributed by atoms with E-state index in [4.69, 9.17) is 5.11 Å². The van der Waals surface area contributed by atoms with Crippen LogP contribution in [0.4, 0.5) is 16.4 Å². The van der Waals surface area contributed by atoms with Crippen molar-refractivity contribution in [1.82, 2.24) is 9.97 Å². The quantitative estimate of drug-likeness (QED) is 0.375. The van der Waals surface area contributed by atoms with Gasteiger partial charge in [0.2, 0.25) is 5.95 Å². The van der Waals surface area contributed by atoms with Gasteiger partial charge in [0.25, 0.3) is 5.91 Å². The van der Waals surface area contributed by atoms with E-state index < -0.39 is 6.09 Å². The molecule has 4 rings (SSSR count). The topological polar surface area (TPSA) is 124 Å². The Morgan fingerprint density at radius 2 is 1.57 bits per heavy atom. The summed E-state index contributed by atoms with van der Waals surface area (Å²) in [6.45, 7) is 0. The molecule has 0 spiro atoms. The van der Waals surface area contributed by atoms with Crippen LogP contribution in [-0.2, 0) is 0 Å². The lowest BCUT2D eigenvalue weighted by atomic mass is 10.0. The van der Waals surface area contributed by atoms with E-state index in [9.17, 15) is 14.4 Å². The number of H-pyrrole nitrogens is 1. The van der Waals surface area contributed by atoms with E-state index in [1.807, 2.05) is 6.07 Å². The van der Waals surface area contributed by atoms with E-state index in [2.05, 4.69) is 20.6 Å². The lowest BCUT2D eigenvalue weighted by Gasteiger charge is -2.10. The van der Waals surface area contributed by atoms with Gasteiger partial charge in [-0.2, -0.15) is 0 Å². The molecule has 2 amide bonds. The van der Waals surface area contributed by atoms with Gasteiger partial charge in [-0.05, 0) is 42.5 Å². The van der Waals surface area contributed by atoms with Crippen molar-refractivity contribution in [2.75, 3.05) is 10.6 Å². The molecule has 0 unspecified atom stereocenters. The minimum absolute atomic E-state index is 0.0672. The molecule has 1 heterocycles. The van der Waals surface area contributed by atoms with E-state index in [1.165, 1.54) is 0 Å². The molecule has 0 aliphatic carbocycles. The van der Waals surface area contributed by atoms with Crippen LogP contribution in [0.5, 0.6) is 0 Å². The molecule has 30 heavy (non-hydrogen) atoms. The van der Waals surface area contributed by atoms with Crippen molar-refractivity contribution in [3.05, 3.63) is 89.5 Å². The Morgan fingerprint density at radius 3 is 2.33 bits per heavy atom. The number of nitrogens with zero attached hydrogens (tertiary/aromatic N) is 1. The van der Waals surface area contributed by atoms with Gasteiger partial charge in [0.15, 0.2) is 5.78 Å². The van der Waals surface area contributed by atoms with Gasteiger partial charge < -0.3 is 15.4 Å². The molecule has 3 aromatic carbocycles. The molecule has 0 atom stereocenters. The molecule has 0 saturated heterocycles. The zero-order valence-electron chi connectivity index (χ0n) is 15.5. The minimum atomic E-state index is -1.24. The Kier molecular flexibility index (Phi) is 4.96. The molecular formula is C22H16N4O4. The maximum Gasteiger partial charge on any atom is 0.411 e. The summed E-state index contributed by atoms with van der Waals surface area (Å²) in [5.74, 6) is -0.537. The lowest BCUT2D eigenvalue weighted by Crippen LogP contribution is -2.15. The number of hydrogen-bond donors (Lipinski definition) is 4. The average Bonchev–Trinajstić information content (AvgIpc) is 3.15. The molecule has 8 nitrogen and oxygen atoms in total. The Balaban J connectivity index is 1.63. The van der Waals surface area contributed by atoms with Gasteiger partial charge in [0.1, 0.15) is 0 Å². The maximum atomic E-state index is 13.1. The predicted octanol–water partition coefficient (Wildman–Crippen LogP) is 4.14. The number of nitrogens with one attached hydrogen (secondary N) is 3. The summed E-state index contributed by atoms with van der Waals surface area (Å²) in [5, 5.41) is 13.7. The zero-order valence-corrected chi connectivity index (χ0v) is 15.5. The largest absolute Gasteiger partial charge is 0.465 e. The van der Waals surface area contributed by atoms with Crippen LogP contribution in [-0.4, -0.2) is 32.9 Å². The molecule has 0 radical (unpaired) electrons. The van der Waals surface area contributed by atoms with Crippen LogP contribution in [0.3, 0.4) is 0 Å². The highest BCUT2D eigenvalue weighted by Gasteiger charge is 2.17. The molecule has 1 aromatic heterocycles. The molecule has 0 bridgehead atoms. The van der Waals surface area contributed by atoms with Gasteiger partial charge in [0, 0.05) is 16.7 Å². The molecule has 8 heteroatoms. The number of carboxylic acid groups (broad SMARTS) is 1. The molecule has 0 saturated carbocycles. The summed E-state index contributed by atoms with van der Waals surface area (Å²) in [7, 11) is 0. The molecule has 4 aromatic rings. The number of ketones is 1. The molecule has 0 aliphatic heterocycles. The number of rotatable bonds is 5. The summed E-state index contributed by atoms with van der Waals surface area (Å²) in [5.41, 5.74) is 2.61. The van der Waals surface area contributed by atoms with E-state index >= 15 is 0 Å². The first kappa shape index (κ1) is 18.9. The van der Waals surface area contributed by atoms with Crippen molar-refractivity contribution in [2.45, 2.75) is 0 Å². The third-order valence-corrected chi connectivity index (χ3v) is 4.43. The van der Waals surface area contributed by atoms with Gasteiger partial charge in [-0.15, -0.1) is 0 Å². The summed E-state index contributed by atoms with van der Waals surface area (Å²) >= 11 is 0. The molecule has 0 aliphatic rings. The highest BCUT2D eigenvalue weighted by atomic mass is 16.4. The van der Waals surface area contributed by atoms with E-state index in [0.29, 0.717) is 33.4 Å². The highest BCUT2D eigenvalue weighted by Crippen LogP contribution is 2.23. The summed E-state index contributed by atoms with van der Waals surface area (Å²) in [6.07, 6.45) is -1.24. The van der Waals surface area contributed by atoms with Crippen molar-refractivity contribution >= 4 is 40.5 Å². The molecule has 148 valence electrons. The Morgan fingerprint density at radius 1 is 0.833 bits per heavy atom. The average molecular weight is 400 g/mol. The second kappa shape index (κ2) is 7.88. The van der Waals surface area contributed by atoms with Crippen LogP contribution in [0.15, 0.2) is 72.8 Å². The van der Waals surface area contributed by atoms with Gasteiger partial charge in [-0.25, -0.2) is 9.78 Å². The number of imidazole rings is 1. The number of aromatic nitrogens is 2. The van der Waals surface area contributed by atoms with E-state index in [1.54, 1.807) is 66.7 Å². The fourth-order valence-electron chi connectivity index (χ4n) is 3.04. The summed E-state index contributed by atoms with van der Waals surface area (Å²) < 4.78 is 0. The van der Waals surface area contributed by atoms with Gasteiger partial charge >= 0.3 is 6.09 Å². The first-order valence-electron chi connectivity index (χ1n) is 9.01. The maximum absolute atomic E-state index is 13.1. The number of carbonyl (C=O) groups excluding carboxylic acids is 2. The standard InChI is InChI=1S/C22H16N4O4/c27-19(14-10-11-17-18(12-14)25-21(24-17)26-22(29)30)15-8-4-5-9-16(15)23-20(28)13-6-2-1-3-7-13/h1-12H,(H,23,28)(H,29,30)(H2,24,25,26). The Labute approximate surface area is 170 Å². The van der Waals surface area contributed by atoms with Crippen molar-refractivity contribution in [3.8, 4) is 0 Å². The molecular weight excluding hydrogens is 384 g/mol. The van der Waals surface area contributed by atoms with Crippen LogP contribution in [0.2, 0.25) is 0 Å². The SMILES string of the molecule is O=C(O)Nc1nc2ccc(C(=O)c3ccccc3NC(=O)c3ccccc3)cc2[nH]1. The number of aromatic amines is 1. The summed E-state index contributed by atoms with van der Waals surface area (Å²) in [6, 6.07) is 20.3. The van der Waals surface area contributed by atoms with Crippen molar-refractivity contribution in [2.24, 2.45) is 0 Å². The number of benzene rings is 3. The monoisotopic (exact) mass is 400 g/mol.